The Kier molecular flexibility index (Phi) is 7.16. The number of amides is 1. The Labute approximate surface area is 168 Å². The van der Waals surface area contributed by atoms with Gasteiger partial charge in [0.15, 0.2) is 0 Å². The molecular formula is C19H26N4O4S. The highest BCUT2D eigenvalue weighted by Gasteiger charge is 2.23. The largest absolute Gasteiger partial charge is 0.459 e. The maximum absolute atomic E-state index is 12.7. The van der Waals surface area contributed by atoms with Gasteiger partial charge in [0.1, 0.15) is 11.5 Å². The van der Waals surface area contributed by atoms with E-state index in [-0.39, 0.29) is 18.5 Å². The number of hydrogen-bond donors (Lipinski definition) is 1. The van der Waals surface area contributed by atoms with Crippen LogP contribution in [-0.4, -0.2) is 52.4 Å². The Bertz CT molecular complexity index is 830. The lowest BCUT2D eigenvalue weighted by Gasteiger charge is -2.10. The first kappa shape index (κ1) is 20.5. The third-order valence-electron chi connectivity index (χ3n) is 4.51. The molecule has 9 heteroatoms. The molecule has 0 unspecified atom stereocenters. The number of hydrogen-bond acceptors (Lipinski definition) is 7. The van der Waals surface area contributed by atoms with Crippen LogP contribution in [0.5, 0.6) is 0 Å². The number of rotatable bonds is 5. The predicted octanol–water partition coefficient (Wildman–Crippen LogP) is 2.15. The second kappa shape index (κ2) is 9.79. The van der Waals surface area contributed by atoms with Crippen LogP contribution >= 0.6 is 11.5 Å². The van der Waals surface area contributed by atoms with E-state index in [0.29, 0.717) is 49.6 Å². The summed E-state index contributed by atoms with van der Waals surface area (Å²) in [5.74, 6) is -0.468. The normalized spacial score (nSPS) is 15.4. The topological polar surface area (TPSA) is 95.3 Å². The highest BCUT2D eigenvalue weighted by Crippen LogP contribution is 2.19. The lowest BCUT2D eigenvalue weighted by atomic mass is 10.1. The van der Waals surface area contributed by atoms with Crippen LogP contribution in [0.4, 0.5) is 0 Å². The molecule has 2 aromatic heterocycles. The molecule has 0 spiro atoms. The molecule has 0 saturated carbocycles. The first-order valence-electron chi connectivity index (χ1n) is 9.65. The van der Waals surface area contributed by atoms with Gasteiger partial charge in [-0.15, -0.1) is 0 Å². The standard InChI is InChI=1S/C19H26N4O4S/c1-3-14-17-15(6-4-9-26-10-5-7-20-18(17)24)23(21-14)8-11-27-19(25)16-12-13(2)22-28-16/h12H,3-11H2,1-2H3,(H,20,24). The van der Waals surface area contributed by atoms with Crippen molar-refractivity contribution in [3.8, 4) is 0 Å². The van der Waals surface area contributed by atoms with Gasteiger partial charge in [0, 0.05) is 19.8 Å². The number of fused-ring (bicyclic) bond motifs is 1. The first-order chi connectivity index (χ1) is 13.6. The van der Waals surface area contributed by atoms with Crippen LogP contribution in [0.3, 0.4) is 0 Å². The number of aryl methyl sites for hydroxylation is 2. The highest BCUT2D eigenvalue weighted by atomic mass is 32.1. The molecule has 1 aliphatic heterocycles. The minimum absolute atomic E-state index is 0.0860. The van der Waals surface area contributed by atoms with Gasteiger partial charge in [-0.1, -0.05) is 6.92 Å². The zero-order valence-corrected chi connectivity index (χ0v) is 17.1. The fourth-order valence-corrected chi connectivity index (χ4v) is 3.82. The van der Waals surface area contributed by atoms with Crippen molar-refractivity contribution < 1.29 is 19.1 Å². The molecule has 1 N–H and O–H groups in total. The highest BCUT2D eigenvalue weighted by molar-refractivity contribution is 7.08. The van der Waals surface area contributed by atoms with Gasteiger partial charge in [0.05, 0.1) is 29.2 Å². The number of esters is 1. The summed E-state index contributed by atoms with van der Waals surface area (Å²) in [6.45, 7) is 6.30. The average molecular weight is 407 g/mol. The summed E-state index contributed by atoms with van der Waals surface area (Å²) >= 11 is 1.13. The molecule has 0 bridgehead atoms. The van der Waals surface area contributed by atoms with E-state index in [1.165, 1.54) is 0 Å². The van der Waals surface area contributed by atoms with Crippen molar-refractivity contribution >= 4 is 23.4 Å². The zero-order valence-electron chi connectivity index (χ0n) is 16.3. The molecule has 0 aliphatic carbocycles. The Hall–Kier alpha value is -2.26. The zero-order chi connectivity index (χ0) is 19.9. The molecule has 0 saturated heterocycles. The summed E-state index contributed by atoms with van der Waals surface area (Å²) in [5, 5.41) is 7.58. The quantitative estimate of drug-likeness (QED) is 0.765. The van der Waals surface area contributed by atoms with Gasteiger partial charge in [0.2, 0.25) is 0 Å². The van der Waals surface area contributed by atoms with E-state index in [4.69, 9.17) is 9.47 Å². The molecule has 28 heavy (non-hydrogen) atoms. The molecule has 1 aliphatic rings. The molecule has 1 amide bonds. The molecule has 3 heterocycles. The van der Waals surface area contributed by atoms with Crippen molar-refractivity contribution in [2.24, 2.45) is 0 Å². The molecule has 3 rings (SSSR count). The maximum atomic E-state index is 12.7. The van der Waals surface area contributed by atoms with E-state index < -0.39 is 0 Å². The summed E-state index contributed by atoms with van der Waals surface area (Å²) < 4.78 is 16.9. The summed E-state index contributed by atoms with van der Waals surface area (Å²) in [6, 6.07) is 1.71. The number of ether oxygens (including phenoxy) is 2. The third-order valence-corrected chi connectivity index (χ3v) is 5.37. The molecule has 0 aromatic carbocycles. The van der Waals surface area contributed by atoms with Crippen LogP contribution in [0.25, 0.3) is 0 Å². The molecule has 152 valence electrons. The number of aromatic nitrogens is 3. The fourth-order valence-electron chi connectivity index (χ4n) is 3.16. The van der Waals surface area contributed by atoms with Crippen molar-refractivity contribution in [2.75, 3.05) is 26.4 Å². The average Bonchev–Trinajstić information content (AvgIpc) is 3.26. The van der Waals surface area contributed by atoms with Gasteiger partial charge in [-0.3, -0.25) is 9.48 Å². The van der Waals surface area contributed by atoms with Crippen LogP contribution in [-0.2, 0) is 28.9 Å². The second-order valence-corrected chi connectivity index (χ2v) is 7.44. The van der Waals surface area contributed by atoms with Gasteiger partial charge >= 0.3 is 5.97 Å². The van der Waals surface area contributed by atoms with E-state index in [2.05, 4.69) is 14.8 Å². The first-order valence-corrected chi connectivity index (χ1v) is 10.4. The Morgan fingerprint density at radius 3 is 2.96 bits per heavy atom. The monoisotopic (exact) mass is 406 g/mol. The molecular weight excluding hydrogens is 380 g/mol. The van der Waals surface area contributed by atoms with Gasteiger partial charge < -0.3 is 14.8 Å². The van der Waals surface area contributed by atoms with E-state index in [1.807, 2.05) is 13.8 Å². The van der Waals surface area contributed by atoms with Crippen molar-refractivity contribution in [3.05, 3.63) is 33.6 Å². The minimum Gasteiger partial charge on any atom is -0.459 e. The Morgan fingerprint density at radius 2 is 2.21 bits per heavy atom. The van der Waals surface area contributed by atoms with E-state index in [1.54, 1.807) is 10.7 Å². The van der Waals surface area contributed by atoms with E-state index in [9.17, 15) is 9.59 Å². The maximum Gasteiger partial charge on any atom is 0.350 e. The SMILES string of the molecule is CCc1nn(CCOC(=O)c2cc(C)ns2)c2c1C(=O)NCCCOCCC2. The van der Waals surface area contributed by atoms with Gasteiger partial charge in [-0.05, 0) is 50.2 Å². The van der Waals surface area contributed by atoms with E-state index in [0.717, 1.165) is 41.5 Å². The van der Waals surface area contributed by atoms with Crippen molar-refractivity contribution in [2.45, 2.75) is 46.1 Å². The predicted molar refractivity (Wildman–Crippen MR) is 105 cm³/mol. The molecule has 0 fully saturated rings. The van der Waals surface area contributed by atoms with Crippen LogP contribution in [0.15, 0.2) is 6.07 Å². The third kappa shape index (κ3) is 4.96. The van der Waals surface area contributed by atoms with Gasteiger partial charge in [-0.25, -0.2) is 4.79 Å². The smallest absolute Gasteiger partial charge is 0.350 e. The fraction of sp³-hybridized carbons (Fsp3) is 0.579. The lowest BCUT2D eigenvalue weighted by molar-refractivity contribution is 0.0492. The Balaban J connectivity index is 1.73. The van der Waals surface area contributed by atoms with Crippen LogP contribution in [0.2, 0.25) is 0 Å². The second-order valence-electron chi connectivity index (χ2n) is 6.64. The lowest BCUT2D eigenvalue weighted by Crippen LogP contribution is -2.26. The Morgan fingerprint density at radius 1 is 1.39 bits per heavy atom. The summed E-state index contributed by atoms with van der Waals surface area (Å²) in [7, 11) is 0. The number of nitrogens with one attached hydrogen (secondary N) is 1. The molecule has 0 atom stereocenters. The van der Waals surface area contributed by atoms with Crippen molar-refractivity contribution in [3.63, 3.8) is 0 Å². The van der Waals surface area contributed by atoms with Gasteiger partial charge in [-0.2, -0.15) is 9.47 Å². The van der Waals surface area contributed by atoms with Crippen molar-refractivity contribution in [1.82, 2.24) is 19.5 Å². The number of carbonyl (C=O) groups is 2. The summed E-state index contributed by atoms with van der Waals surface area (Å²) in [6.07, 6.45) is 2.97. The van der Waals surface area contributed by atoms with Crippen LogP contribution in [0, 0.1) is 6.92 Å². The van der Waals surface area contributed by atoms with Crippen LogP contribution < -0.4 is 5.32 Å². The number of carbonyl (C=O) groups excluding carboxylic acids is 2. The summed E-state index contributed by atoms with van der Waals surface area (Å²) in [5.41, 5.74) is 3.12. The van der Waals surface area contributed by atoms with E-state index >= 15 is 0 Å². The van der Waals surface area contributed by atoms with Crippen LogP contribution in [0.1, 0.15) is 56.9 Å². The molecule has 0 radical (unpaired) electrons. The minimum atomic E-state index is -0.382. The molecule has 2 aromatic rings. The molecule has 8 nitrogen and oxygen atoms in total. The van der Waals surface area contributed by atoms with Crippen molar-refractivity contribution in [1.29, 1.82) is 0 Å². The summed E-state index contributed by atoms with van der Waals surface area (Å²) in [4.78, 5) is 25.3. The van der Waals surface area contributed by atoms with Gasteiger partial charge in [0.25, 0.3) is 5.91 Å². The number of nitrogens with zero attached hydrogens (tertiary/aromatic N) is 3.